The van der Waals surface area contributed by atoms with Crippen LogP contribution in [-0.2, 0) is 4.79 Å². The van der Waals surface area contributed by atoms with E-state index in [1.807, 2.05) is 18.7 Å². The molecule has 2 N–H and O–H groups in total. The third-order valence-electron chi connectivity index (χ3n) is 4.11. The Morgan fingerprint density at radius 2 is 2.22 bits per heavy atom. The molecule has 1 unspecified atom stereocenters. The molecule has 18 heavy (non-hydrogen) atoms. The van der Waals surface area contributed by atoms with Gasteiger partial charge in [0.05, 0.1) is 0 Å². The smallest absolute Gasteiger partial charge is 0.226 e. The van der Waals surface area contributed by atoms with Crippen LogP contribution < -0.4 is 5.73 Å². The van der Waals surface area contributed by atoms with E-state index in [4.69, 9.17) is 5.73 Å². The SMILES string of the molecule is CCN(CC)C(=O)[C@@H]1CC[C@@H]1C(N)c1ccsc1. The molecule has 1 aromatic heterocycles. The topological polar surface area (TPSA) is 46.3 Å². The number of rotatable bonds is 5. The summed E-state index contributed by atoms with van der Waals surface area (Å²) < 4.78 is 0. The van der Waals surface area contributed by atoms with Gasteiger partial charge in [0.25, 0.3) is 0 Å². The van der Waals surface area contributed by atoms with Crippen molar-refractivity contribution in [2.24, 2.45) is 17.6 Å². The van der Waals surface area contributed by atoms with Gasteiger partial charge >= 0.3 is 0 Å². The second-order valence-electron chi connectivity index (χ2n) is 4.94. The lowest BCUT2D eigenvalue weighted by Crippen LogP contribution is -2.46. The predicted molar refractivity (Wildman–Crippen MR) is 75.4 cm³/mol. The van der Waals surface area contributed by atoms with Crippen LogP contribution in [0.15, 0.2) is 16.8 Å². The Bertz CT molecular complexity index is 387. The van der Waals surface area contributed by atoms with Crippen molar-refractivity contribution in [3.05, 3.63) is 22.4 Å². The zero-order chi connectivity index (χ0) is 13.1. The molecule has 3 atom stereocenters. The van der Waals surface area contributed by atoms with Gasteiger partial charge in [-0.25, -0.2) is 0 Å². The summed E-state index contributed by atoms with van der Waals surface area (Å²) >= 11 is 1.67. The highest BCUT2D eigenvalue weighted by Crippen LogP contribution is 2.43. The Morgan fingerprint density at radius 1 is 1.50 bits per heavy atom. The Morgan fingerprint density at radius 3 is 2.67 bits per heavy atom. The Labute approximate surface area is 113 Å². The molecule has 0 spiro atoms. The van der Waals surface area contributed by atoms with Gasteiger partial charge in [-0.15, -0.1) is 0 Å². The molecular weight excluding hydrogens is 244 g/mol. The van der Waals surface area contributed by atoms with Gasteiger partial charge in [-0.2, -0.15) is 11.3 Å². The van der Waals surface area contributed by atoms with Gasteiger partial charge in [0, 0.05) is 25.0 Å². The summed E-state index contributed by atoms with van der Waals surface area (Å²) in [5.74, 6) is 0.759. The van der Waals surface area contributed by atoms with E-state index in [-0.39, 0.29) is 12.0 Å². The van der Waals surface area contributed by atoms with Crippen LogP contribution in [0.4, 0.5) is 0 Å². The van der Waals surface area contributed by atoms with Crippen LogP contribution in [0.2, 0.25) is 0 Å². The molecule has 100 valence electrons. The summed E-state index contributed by atoms with van der Waals surface area (Å²) in [7, 11) is 0. The maximum Gasteiger partial charge on any atom is 0.226 e. The Kier molecular flexibility index (Phi) is 4.40. The molecule has 0 aromatic carbocycles. The number of hydrogen-bond acceptors (Lipinski definition) is 3. The van der Waals surface area contributed by atoms with Crippen molar-refractivity contribution in [3.63, 3.8) is 0 Å². The largest absolute Gasteiger partial charge is 0.343 e. The molecule has 1 fully saturated rings. The second kappa shape index (κ2) is 5.85. The standard InChI is InChI=1S/C14H22N2OS/c1-3-16(4-2)14(17)12-6-5-11(12)13(15)10-7-8-18-9-10/h7-9,11-13H,3-6,15H2,1-2H3/t11-,12+,13?/m0/s1. The van der Waals surface area contributed by atoms with Crippen LogP contribution in [-0.4, -0.2) is 23.9 Å². The minimum absolute atomic E-state index is 0.0227. The first-order valence-corrected chi connectivity index (χ1v) is 7.69. The van der Waals surface area contributed by atoms with Gasteiger partial charge < -0.3 is 10.6 Å². The van der Waals surface area contributed by atoms with Gasteiger partial charge in [-0.3, -0.25) is 4.79 Å². The van der Waals surface area contributed by atoms with E-state index in [0.29, 0.717) is 11.8 Å². The minimum Gasteiger partial charge on any atom is -0.343 e. The summed E-state index contributed by atoms with van der Waals surface area (Å²) in [4.78, 5) is 14.3. The fourth-order valence-corrected chi connectivity index (χ4v) is 3.45. The molecule has 0 radical (unpaired) electrons. The molecule has 2 rings (SSSR count). The third-order valence-corrected chi connectivity index (χ3v) is 4.81. The van der Waals surface area contributed by atoms with Gasteiger partial charge in [-0.1, -0.05) is 0 Å². The average molecular weight is 266 g/mol. The van der Waals surface area contributed by atoms with Gasteiger partial charge in [0.15, 0.2) is 0 Å². The monoisotopic (exact) mass is 266 g/mol. The lowest BCUT2D eigenvalue weighted by Gasteiger charge is -2.41. The fraction of sp³-hybridized carbons (Fsp3) is 0.643. The number of nitrogens with two attached hydrogens (primary N) is 1. The molecule has 3 nitrogen and oxygen atoms in total. The molecule has 0 saturated heterocycles. The van der Waals surface area contributed by atoms with Crippen LogP contribution in [0, 0.1) is 11.8 Å². The third kappa shape index (κ3) is 2.45. The summed E-state index contributed by atoms with van der Waals surface area (Å²) in [5.41, 5.74) is 7.47. The summed E-state index contributed by atoms with van der Waals surface area (Å²) in [6.07, 6.45) is 2.08. The Balaban J connectivity index is 2.02. The molecule has 1 aromatic rings. The summed E-state index contributed by atoms with van der Waals surface area (Å²) in [6.45, 7) is 5.67. The van der Waals surface area contributed by atoms with Crippen molar-refractivity contribution in [2.75, 3.05) is 13.1 Å². The Hall–Kier alpha value is -0.870. The van der Waals surface area contributed by atoms with Crippen molar-refractivity contribution in [3.8, 4) is 0 Å². The van der Waals surface area contributed by atoms with Gasteiger partial charge in [-0.05, 0) is 55.0 Å². The highest BCUT2D eigenvalue weighted by atomic mass is 32.1. The van der Waals surface area contributed by atoms with Crippen molar-refractivity contribution in [2.45, 2.75) is 32.7 Å². The van der Waals surface area contributed by atoms with Crippen molar-refractivity contribution < 1.29 is 4.79 Å². The van der Waals surface area contributed by atoms with E-state index >= 15 is 0 Å². The van der Waals surface area contributed by atoms with Crippen LogP contribution >= 0.6 is 11.3 Å². The number of amides is 1. The first-order valence-electron chi connectivity index (χ1n) is 6.75. The van der Waals surface area contributed by atoms with Crippen molar-refractivity contribution in [1.82, 2.24) is 4.90 Å². The maximum atomic E-state index is 12.3. The predicted octanol–water partition coefficient (Wildman–Crippen LogP) is 2.64. The zero-order valence-corrected chi connectivity index (χ0v) is 12.0. The number of hydrogen-bond donors (Lipinski definition) is 1. The number of nitrogens with zero attached hydrogens (tertiary/aromatic N) is 1. The highest BCUT2D eigenvalue weighted by molar-refractivity contribution is 7.07. The van der Waals surface area contributed by atoms with Crippen molar-refractivity contribution >= 4 is 17.2 Å². The quantitative estimate of drug-likeness (QED) is 0.890. The van der Waals surface area contributed by atoms with Crippen LogP contribution in [0.1, 0.15) is 38.3 Å². The van der Waals surface area contributed by atoms with E-state index in [2.05, 4.69) is 16.8 Å². The summed E-state index contributed by atoms with van der Waals surface area (Å²) in [5, 5.41) is 4.15. The number of carbonyl (C=O) groups excluding carboxylic acids is 1. The molecule has 0 aliphatic heterocycles. The fourth-order valence-electron chi connectivity index (χ4n) is 2.74. The first-order chi connectivity index (χ1) is 8.69. The van der Waals surface area contributed by atoms with Crippen LogP contribution in [0.3, 0.4) is 0 Å². The lowest BCUT2D eigenvalue weighted by atomic mass is 9.68. The number of thiophene rings is 1. The molecular formula is C14H22N2OS. The van der Waals surface area contributed by atoms with Crippen LogP contribution in [0.25, 0.3) is 0 Å². The second-order valence-corrected chi connectivity index (χ2v) is 5.72. The van der Waals surface area contributed by atoms with Gasteiger partial charge in [0.2, 0.25) is 5.91 Å². The molecule has 1 saturated carbocycles. The molecule has 1 aliphatic carbocycles. The molecule has 1 heterocycles. The van der Waals surface area contributed by atoms with E-state index in [1.165, 1.54) is 5.56 Å². The van der Waals surface area contributed by atoms with E-state index in [1.54, 1.807) is 11.3 Å². The molecule has 4 heteroatoms. The number of carbonyl (C=O) groups is 1. The van der Waals surface area contributed by atoms with Crippen molar-refractivity contribution in [1.29, 1.82) is 0 Å². The highest BCUT2D eigenvalue weighted by Gasteiger charge is 2.41. The van der Waals surface area contributed by atoms with Crippen LogP contribution in [0.5, 0.6) is 0 Å². The van der Waals surface area contributed by atoms with E-state index in [0.717, 1.165) is 25.9 Å². The summed E-state index contributed by atoms with van der Waals surface area (Å²) in [6, 6.07) is 2.10. The first kappa shape index (κ1) is 13.6. The zero-order valence-electron chi connectivity index (χ0n) is 11.1. The molecule has 0 bridgehead atoms. The van der Waals surface area contributed by atoms with E-state index in [9.17, 15) is 4.79 Å². The average Bonchev–Trinajstić information content (AvgIpc) is 2.82. The lowest BCUT2D eigenvalue weighted by molar-refractivity contribution is -0.141. The molecule has 1 aliphatic rings. The van der Waals surface area contributed by atoms with E-state index < -0.39 is 0 Å². The normalized spacial score (nSPS) is 24.4. The molecule has 1 amide bonds. The minimum atomic E-state index is 0.0227. The maximum absolute atomic E-state index is 12.3. The van der Waals surface area contributed by atoms with Gasteiger partial charge in [0.1, 0.15) is 0 Å².